The largest absolute Gasteiger partial charge is 0.481 e. The molecule has 0 aromatic heterocycles. The molecule has 0 atom stereocenters. The molecule has 1 aliphatic carbocycles. The molecule has 2 aliphatic rings. The first-order chi connectivity index (χ1) is 9.12. The molecule has 1 aliphatic heterocycles. The van der Waals surface area contributed by atoms with Gasteiger partial charge in [0.2, 0.25) is 0 Å². The van der Waals surface area contributed by atoms with E-state index in [1.165, 1.54) is 19.3 Å². The zero-order valence-electron chi connectivity index (χ0n) is 11.1. The average Bonchev–Trinajstić information content (AvgIpc) is 2.35. The van der Waals surface area contributed by atoms with Gasteiger partial charge in [-0.2, -0.15) is 0 Å². The number of urea groups is 1. The Morgan fingerprint density at radius 1 is 1.21 bits per heavy atom. The van der Waals surface area contributed by atoms with Crippen LogP contribution in [0.2, 0.25) is 0 Å². The van der Waals surface area contributed by atoms with Gasteiger partial charge in [0.05, 0.1) is 5.41 Å². The minimum Gasteiger partial charge on any atom is -0.481 e. The molecule has 2 rings (SSSR count). The second-order valence-corrected chi connectivity index (χ2v) is 5.56. The Labute approximate surface area is 112 Å². The van der Waals surface area contributed by atoms with E-state index in [1.54, 1.807) is 0 Å². The molecule has 0 unspecified atom stereocenters. The van der Waals surface area contributed by atoms with Crippen LogP contribution in [0.5, 0.6) is 0 Å². The molecule has 1 saturated carbocycles. The van der Waals surface area contributed by atoms with Crippen LogP contribution in [0.1, 0.15) is 32.1 Å². The van der Waals surface area contributed by atoms with Gasteiger partial charge in [-0.05, 0) is 31.6 Å². The lowest BCUT2D eigenvalue weighted by atomic mass is 9.80. The summed E-state index contributed by atoms with van der Waals surface area (Å²) in [5.74, 6) is -0.252. The lowest BCUT2D eigenvalue weighted by molar-refractivity contribution is -0.154. The highest BCUT2D eigenvalue weighted by Gasteiger charge is 2.40. The van der Waals surface area contributed by atoms with Gasteiger partial charge in [0.1, 0.15) is 0 Å². The van der Waals surface area contributed by atoms with Crippen LogP contribution < -0.4 is 10.6 Å². The number of nitrogens with one attached hydrogen (secondary N) is 2. The molecule has 2 amide bonds. The summed E-state index contributed by atoms with van der Waals surface area (Å²) < 4.78 is 5.19. The van der Waals surface area contributed by atoms with Crippen LogP contribution in [0.4, 0.5) is 4.79 Å². The predicted octanol–water partition coefficient (Wildman–Crippen LogP) is 0.967. The van der Waals surface area contributed by atoms with Crippen LogP contribution >= 0.6 is 0 Å². The zero-order chi connectivity index (χ0) is 13.7. The maximum absolute atomic E-state index is 11.6. The molecule has 1 heterocycles. The highest BCUT2D eigenvalue weighted by atomic mass is 16.5. The number of aliphatic carboxylic acids is 1. The molecule has 0 aromatic carbocycles. The zero-order valence-corrected chi connectivity index (χ0v) is 11.1. The summed E-state index contributed by atoms with van der Waals surface area (Å²) in [6.45, 7) is 1.74. The van der Waals surface area contributed by atoms with Crippen molar-refractivity contribution in [1.29, 1.82) is 0 Å². The number of carboxylic acid groups (broad SMARTS) is 1. The van der Waals surface area contributed by atoms with E-state index >= 15 is 0 Å². The fourth-order valence-corrected chi connectivity index (χ4v) is 2.47. The average molecular weight is 270 g/mol. The van der Waals surface area contributed by atoms with Crippen LogP contribution in [-0.2, 0) is 9.53 Å². The van der Waals surface area contributed by atoms with Crippen molar-refractivity contribution in [3.63, 3.8) is 0 Å². The van der Waals surface area contributed by atoms with Crippen molar-refractivity contribution >= 4 is 12.0 Å². The smallest absolute Gasteiger partial charge is 0.314 e. The SMILES string of the molecule is O=C(NCC1CCC1)NCC1(C(=O)O)CCOCC1. The third kappa shape index (κ3) is 3.59. The first kappa shape index (κ1) is 14.1. The van der Waals surface area contributed by atoms with E-state index in [9.17, 15) is 14.7 Å². The summed E-state index contributed by atoms with van der Waals surface area (Å²) in [5, 5.41) is 14.8. The van der Waals surface area contributed by atoms with E-state index in [1.807, 2.05) is 0 Å². The van der Waals surface area contributed by atoms with Crippen molar-refractivity contribution in [2.24, 2.45) is 11.3 Å². The normalized spacial score (nSPS) is 22.3. The first-order valence-corrected chi connectivity index (χ1v) is 6.95. The number of carboxylic acids is 1. The molecule has 6 heteroatoms. The van der Waals surface area contributed by atoms with Crippen molar-refractivity contribution in [2.45, 2.75) is 32.1 Å². The third-order valence-electron chi connectivity index (χ3n) is 4.27. The van der Waals surface area contributed by atoms with Crippen molar-refractivity contribution in [1.82, 2.24) is 10.6 Å². The van der Waals surface area contributed by atoms with Gasteiger partial charge in [0.25, 0.3) is 0 Å². The van der Waals surface area contributed by atoms with Gasteiger partial charge in [-0.15, -0.1) is 0 Å². The monoisotopic (exact) mass is 270 g/mol. The second kappa shape index (κ2) is 6.23. The first-order valence-electron chi connectivity index (χ1n) is 6.95. The van der Waals surface area contributed by atoms with Crippen molar-refractivity contribution in [3.8, 4) is 0 Å². The highest BCUT2D eigenvalue weighted by molar-refractivity contribution is 5.78. The summed E-state index contributed by atoms with van der Waals surface area (Å²) in [6.07, 6.45) is 4.50. The Balaban J connectivity index is 1.74. The predicted molar refractivity (Wildman–Crippen MR) is 68.9 cm³/mol. The van der Waals surface area contributed by atoms with Crippen LogP contribution in [0.25, 0.3) is 0 Å². The molecule has 0 aromatic rings. The Hall–Kier alpha value is -1.30. The Bertz CT molecular complexity index is 336. The number of rotatable bonds is 5. The Morgan fingerprint density at radius 3 is 2.42 bits per heavy atom. The second-order valence-electron chi connectivity index (χ2n) is 5.56. The van der Waals surface area contributed by atoms with E-state index in [2.05, 4.69) is 10.6 Å². The van der Waals surface area contributed by atoms with Crippen LogP contribution in [0, 0.1) is 11.3 Å². The molecule has 2 fully saturated rings. The lowest BCUT2D eigenvalue weighted by Crippen LogP contribution is -2.49. The van der Waals surface area contributed by atoms with Crippen molar-refractivity contribution < 1.29 is 19.4 Å². The minimum atomic E-state index is -0.869. The topological polar surface area (TPSA) is 87.7 Å². The molecular formula is C13H22N2O4. The van der Waals surface area contributed by atoms with E-state index in [0.717, 1.165) is 0 Å². The quantitative estimate of drug-likeness (QED) is 0.694. The summed E-state index contributed by atoms with van der Waals surface area (Å²) in [6, 6.07) is -0.265. The number of amides is 2. The van der Waals surface area contributed by atoms with E-state index in [4.69, 9.17) is 4.74 Å². The molecular weight excluding hydrogens is 248 g/mol. The fourth-order valence-electron chi connectivity index (χ4n) is 2.47. The molecule has 6 nitrogen and oxygen atoms in total. The van der Waals surface area contributed by atoms with Crippen molar-refractivity contribution in [2.75, 3.05) is 26.3 Å². The van der Waals surface area contributed by atoms with Crippen LogP contribution in [0.3, 0.4) is 0 Å². The van der Waals surface area contributed by atoms with Gasteiger partial charge in [-0.1, -0.05) is 6.42 Å². The highest BCUT2D eigenvalue weighted by Crippen LogP contribution is 2.30. The number of hydrogen-bond donors (Lipinski definition) is 3. The molecule has 19 heavy (non-hydrogen) atoms. The van der Waals surface area contributed by atoms with Gasteiger partial charge in [-0.25, -0.2) is 4.79 Å². The van der Waals surface area contributed by atoms with Gasteiger partial charge < -0.3 is 20.5 Å². The third-order valence-corrected chi connectivity index (χ3v) is 4.27. The summed E-state index contributed by atoms with van der Waals surface area (Å²) in [5.41, 5.74) is -0.869. The van der Waals surface area contributed by atoms with Crippen molar-refractivity contribution in [3.05, 3.63) is 0 Å². The maximum atomic E-state index is 11.6. The lowest BCUT2D eigenvalue weighted by Gasteiger charge is -2.33. The molecule has 108 valence electrons. The summed E-state index contributed by atoms with van der Waals surface area (Å²) in [7, 11) is 0. The van der Waals surface area contributed by atoms with E-state index in [-0.39, 0.29) is 12.6 Å². The number of carbonyl (C=O) groups excluding carboxylic acids is 1. The minimum absolute atomic E-state index is 0.169. The molecule has 1 saturated heterocycles. The molecule has 0 spiro atoms. The Morgan fingerprint density at radius 2 is 1.89 bits per heavy atom. The number of ether oxygens (including phenoxy) is 1. The van der Waals surface area contributed by atoms with Gasteiger partial charge in [-0.3, -0.25) is 4.79 Å². The molecule has 3 N–H and O–H groups in total. The number of carbonyl (C=O) groups is 2. The molecule has 0 bridgehead atoms. The maximum Gasteiger partial charge on any atom is 0.314 e. The van der Waals surface area contributed by atoms with Gasteiger partial charge >= 0.3 is 12.0 Å². The summed E-state index contributed by atoms with van der Waals surface area (Å²) in [4.78, 5) is 23.0. The number of hydrogen-bond acceptors (Lipinski definition) is 3. The van der Waals surface area contributed by atoms with E-state index in [0.29, 0.717) is 38.5 Å². The summed E-state index contributed by atoms with van der Waals surface area (Å²) >= 11 is 0. The van der Waals surface area contributed by atoms with E-state index < -0.39 is 11.4 Å². The van der Waals surface area contributed by atoms with Crippen LogP contribution in [-0.4, -0.2) is 43.4 Å². The standard InChI is InChI=1S/C13H22N2O4/c16-11(17)13(4-6-19-7-5-13)9-15-12(18)14-8-10-2-1-3-10/h10H,1-9H2,(H,16,17)(H2,14,15,18). The molecule has 0 radical (unpaired) electrons. The Kier molecular flexibility index (Phi) is 4.63. The van der Waals surface area contributed by atoms with Gasteiger partial charge in [0.15, 0.2) is 0 Å². The van der Waals surface area contributed by atoms with Gasteiger partial charge in [0, 0.05) is 26.3 Å². The fraction of sp³-hybridized carbons (Fsp3) is 0.846. The van der Waals surface area contributed by atoms with Crippen LogP contribution in [0.15, 0.2) is 0 Å².